The van der Waals surface area contributed by atoms with Crippen molar-refractivity contribution in [2.24, 2.45) is 0 Å². The summed E-state index contributed by atoms with van der Waals surface area (Å²) in [5.74, 6) is 2.58. The predicted molar refractivity (Wildman–Crippen MR) is 121 cm³/mol. The summed E-state index contributed by atoms with van der Waals surface area (Å²) in [6, 6.07) is 20.5. The third-order valence-corrected chi connectivity index (χ3v) is 5.72. The Kier molecular flexibility index (Phi) is 6.44. The maximum Gasteiger partial charge on any atom is 0.191 e. The fourth-order valence-electron chi connectivity index (χ4n) is 3.32. The normalized spacial score (nSPS) is 10.9. The Morgan fingerprint density at radius 2 is 1.70 bits per heavy atom. The lowest BCUT2D eigenvalue weighted by Crippen LogP contribution is -2.07. The summed E-state index contributed by atoms with van der Waals surface area (Å²) < 4.78 is 8.20. The zero-order chi connectivity index (χ0) is 20.8. The maximum absolute atomic E-state index is 6.05. The first-order chi connectivity index (χ1) is 14.7. The maximum atomic E-state index is 6.05. The molecule has 0 saturated carbocycles. The van der Waals surface area contributed by atoms with Crippen molar-refractivity contribution < 1.29 is 4.74 Å². The number of benzene rings is 2. The SMILES string of the molecule is Cc1cccc(C)c1OCCSc1nnc(-c2cccnc2)n1Cc1ccccc1. The predicted octanol–water partition coefficient (Wildman–Crippen LogP) is 5.18. The average Bonchev–Trinajstić information content (AvgIpc) is 3.16. The quantitative estimate of drug-likeness (QED) is 0.293. The number of thioether (sulfide) groups is 1. The molecular weight excluding hydrogens is 392 g/mol. The zero-order valence-corrected chi connectivity index (χ0v) is 18.0. The molecule has 0 aliphatic rings. The van der Waals surface area contributed by atoms with Gasteiger partial charge in [-0.15, -0.1) is 10.2 Å². The van der Waals surface area contributed by atoms with Crippen LogP contribution in [0.1, 0.15) is 16.7 Å². The van der Waals surface area contributed by atoms with Crippen molar-refractivity contribution in [1.82, 2.24) is 19.7 Å². The second-order valence-corrected chi connectivity index (χ2v) is 8.10. The van der Waals surface area contributed by atoms with Crippen molar-refractivity contribution in [2.45, 2.75) is 25.5 Å². The van der Waals surface area contributed by atoms with Crippen molar-refractivity contribution in [3.8, 4) is 17.1 Å². The van der Waals surface area contributed by atoms with Gasteiger partial charge in [-0.2, -0.15) is 0 Å². The van der Waals surface area contributed by atoms with Gasteiger partial charge in [0.2, 0.25) is 0 Å². The zero-order valence-electron chi connectivity index (χ0n) is 17.2. The first kappa shape index (κ1) is 20.2. The molecule has 0 fully saturated rings. The van der Waals surface area contributed by atoms with E-state index in [-0.39, 0.29) is 0 Å². The highest BCUT2D eigenvalue weighted by atomic mass is 32.2. The number of para-hydroxylation sites is 1. The van der Waals surface area contributed by atoms with Crippen LogP contribution in [0.5, 0.6) is 5.75 Å². The van der Waals surface area contributed by atoms with Crippen LogP contribution in [0.3, 0.4) is 0 Å². The Balaban J connectivity index is 1.50. The summed E-state index contributed by atoms with van der Waals surface area (Å²) in [5, 5.41) is 9.80. The van der Waals surface area contributed by atoms with Gasteiger partial charge in [0.05, 0.1) is 13.2 Å². The molecule has 5 nitrogen and oxygen atoms in total. The van der Waals surface area contributed by atoms with E-state index < -0.39 is 0 Å². The minimum absolute atomic E-state index is 0.608. The number of pyridine rings is 1. The highest BCUT2D eigenvalue weighted by Gasteiger charge is 2.15. The summed E-state index contributed by atoms with van der Waals surface area (Å²) in [5.41, 5.74) is 4.48. The van der Waals surface area contributed by atoms with Gasteiger partial charge in [-0.1, -0.05) is 60.3 Å². The molecule has 0 N–H and O–H groups in total. The van der Waals surface area contributed by atoms with Crippen molar-refractivity contribution in [3.05, 3.63) is 89.7 Å². The van der Waals surface area contributed by atoms with Gasteiger partial charge in [0.25, 0.3) is 0 Å². The standard InChI is InChI=1S/C24H24N4OS/c1-18-8-6-9-19(2)22(18)29-14-15-30-24-27-26-23(21-12-7-13-25-16-21)28(24)17-20-10-4-3-5-11-20/h3-13,16H,14-15,17H2,1-2H3. The minimum Gasteiger partial charge on any atom is -0.492 e. The van der Waals surface area contributed by atoms with Crippen molar-refractivity contribution in [3.63, 3.8) is 0 Å². The van der Waals surface area contributed by atoms with E-state index in [4.69, 9.17) is 4.74 Å². The van der Waals surface area contributed by atoms with Crippen LogP contribution in [0.2, 0.25) is 0 Å². The van der Waals surface area contributed by atoms with Crippen LogP contribution in [0.25, 0.3) is 11.4 Å². The fraction of sp³-hybridized carbons (Fsp3) is 0.208. The molecule has 0 aliphatic heterocycles. The van der Waals surface area contributed by atoms with E-state index in [1.165, 1.54) is 5.56 Å². The molecule has 6 heteroatoms. The Morgan fingerprint density at radius 1 is 0.900 bits per heavy atom. The lowest BCUT2D eigenvalue weighted by Gasteiger charge is -2.12. The van der Waals surface area contributed by atoms with E-state index in [1.54, 1.807) is 18.0 Å². The molecule has 0 spiro atoms. The summed E-state index contributed by atoms with van der Waals surface area (Å²) in [6.07, 6.45) is 3.59. The number of aromatic nitrogens is 4. The van der Waals surface area contributed by atoms with Crippen LogP contribution < -0.4 is 4.74 Å². The van der Waals surface area contributed by atoms with Gasteiger partial charge < -0.3 is 4.74 Å². The molecule has 4 rings (SSSR count). The third-order valence-electron chi connectivity index (χ3n) is 4.79. The molecule has 30 heavy (non-hydrogen) atoms. The third kappa shape index (κ3) is 4.71. The molecule has 4 aromatic rings. The van der Waals surface area contributed by atoms with Gasteiger partial charge in [0.1, 0.15) is 5.75 Å². The molecule has 152 valence electrons. The number of hydrogen-bond donors (Lipinski definition) is 0. The van der Waals surface area contributed by atoms with E-state index in [0.29, 0.717) is 13.2 Å². The summed E-state index contributed by atoms with van der Waals surface area (Å²) in [7, 11) is 0. The second-order valence-electron chi connectivity index (χ2n) is 7.04. The highest BCUT2D eigenvalue weighted by Crippen LogP contribution is 2.26. The van der Waals surface area contributed by atoms with Gasteiger partial charge in [-0.3, -0.25) is 9.55 Å². The molecule has 0 atom stereocenters. The van der Waals surface area contributed by atoms with Gasteiger partial charge >= 0.3 is 0 Å². The molecule has 0 amide bonds. The molecule has 0 bridgehead atoms. The molecule has 0 aliphatic carbocycles. The van der Waals surface area contributed by atoms with Gasteiger partial charge in [0.15, 0.2) is 11.0 Å². The number of nitrogens with zero attached hydrogens (tertiary/aromatic N) is 4. The largest absolute Gasteiger partial charge is 0.492 e. The smallest absolute Gasteiger partial charge is 0.191 e. The van der Waals surface area contributed by atoms with Crippen molar-refractivity contribution in [2.75, 3.05) is 12.4 Å². The average molecular weight is 417 g/mol. The number of aryl methyl sites for hydroxylation is 2. The lowest BCUT2D eigenvalue weighted by atomic mass is 10.1. The summed E-state index contributed by atoms with van der Waals surface area (Å²) in [6.45, 7) is 5.47. The second kappa shape index (κ2) is 9.59. The van der Waals surface area contributed by atoms with Crippen LogP contribution in [-0.4, -0.2) is 32.1 Å². The summed E-state index contributed by atoms with van der Waals surface area (Å²) >= 11 is 1.66. The van der Waals surface area contributed by atoms with Crippen LogP contribution in [0.4, 0.5) is 0 Å². The van der Waals surface area contributed by atoms with Crippen LogP contribution >= 0.6 is 11.8 Å². The minimum atomic E-state index is 0.608. The Labute approximate surface area is 181 Å². The molecule has 2 heterocycles. The van der Waals surface area contributed by atoms with Gasteiger partial charge in [0, 0.05) is 23.7 Å². The van der Waals surface area contributed by atoms with Gasteiger partial charge in [-0.25, -0.2) is 0 Å². The van der Waals surface area contributed by atoms with E-state index in [0.717, 1.165) is 39.2 Å². The molecular formula is C24H24N4OS. The van der Waals surface area contributed by atoms with Gasteiger partial charge in [-0.05, 0) is 42.7 Å². The number of hydrogen-bond acceptors (Lipinski definition) is 5. The van der Waals surface area contributed by atoms with Crippen LogP contribution in [0, 0.1) is 13.8 Å². The molecule has 0 saturated heterocycles. The Morgan fingerprint density at radius 3 is 2.43 bits per heavy atom. The van der Waals surface area contributed by atoms with E-state index >= 15 is 0 Å². The number of ether oxygens (including phenoxy) is 1. The van der Waals surface area contributed by atoms with Crippen molar-refractivity contribution >= 4 is 11.8 Å². The molecule has 2 aromatic carbocycles. The lowest BCUT2D eigenvalue weighted by molar-refractivity contribution is 0.339. The van der Waals surface area contributed by atoms with E-state index in [1.807, 2.05) is 24.4 Å². The van der Waals surface area contributed by atoms with Crippen molar-refractivity contribution in [1.29, 1.82) is 0 Å². The summed E-state index contributed by atoms with van der Waals surface area (Å²) in [4.78, 5) is 4.24. The van der Waals surface area contributed by atoms with E-state index in [9.17, 15) is 0 Å². The molecule has 2 aromatic heterocycles. The van der Waals surface area contributed by atoms with Crippen LogP contribution in [-0.2, 0) is 6.54 Å². The Bertz CT molecular complexity index is 1080. The van der Waals surface area contributed by atoms with Crippen LogP contribution in [0.15, 0.2) is 78.2 Å². The Hall–Kier alpha value is -3.12. The monoisotopic (exact) mass is 416 g/mol. The number of rotatable bonds is 8. The fourth-order valence-corrected chi connectivity index (χ4v) is 4.07. The molecule has 0 radical (unpaired) electrons. The first-order valence-corrected chi connectivity index (χ1v) is 10.9. The first-order valence-electron chi connectivity index (χ1n) is 9.91. The molecule has 0 unspecified atom stereocenters. The highest BCUT2D eigenvalue weighted by molar-refractivity contribution is 7.99. The topological polar surface area (TPSA) is 52.8 Å². The van der Waals surface area contributed by atoms with E-state index in [2.05, 4.69) is 76.1 Å².